The molecule has 1 aromatic rings. The fraction of sp³-hybridized carbons (Fsp3) is 0.588. The Bertz CT molecular complexity index is 532. The van der Waals surface area contributed by atoms with Gasteiger partial charge in [-0.05, 0) is 51.2 Å². The predicted octanol–water partition coefficient (Wildman–Crippen LogP) is 2.54. The SMILES string of the molecule is Cc1ccc(NC2CCN(C(=O)[C@H]3CC=CCC3)CC2)nn1. The number of piperidine rings is 1. The van der Waals surface area contributed by atoms with Gasteiger partial charge in [0.05, 0.1) is 5.69 Å². The van der Waals surface area contributed by atoms with Crippen LogP contribution in [0.25, 0.3) is 0 Å². The first-order valence-electron chi connectivity index (χ1n) is 8.23. The molecule has 22 heavy (non-hydrogen) atoms. The molecule has 1 aliphatic carbocycles. The highest BCUT2D eigenvalue weighted by molar-refractivity contribution is 5.79. The minimum absolute atomic E-state index is 0.206. The molecule has 0 aromatic carbocycles. The first-order chi connectivity index (χ1) is 10.7. The van der Waals surface area contributed by atoms with E-state index in [-0.39, 0.29) is 5.92 Å². The molecule has 1 atom stereocenters. The number of allylic oxidation sites excluding steroid dienone is 2. The van der Waals surface area contributed by atoms with Gasteiger partial charge in [0, 0.05) is 25.0 Å². The zero-order chi connectivity index (χ0) is 15.4. The van der Waals surface area contributed by atoms with Crippen molar-refractivity contribution in [3.63, 3.8) is 0 Å². The lowest BCUT2D eigenvalue weighted by Gasteiger charge is -2.35. The molecule has 2 aliphatic rings. The number of aromatic nitrogens is 2. The van der Waals surface area contributed by atoms with E-state index in [9.17, 15) is 4.79 Å². The number of likely N-dealkylation sites (tertiary alicyclic amines) is 1. The van der Waals surface area contributed by atoms with E-state index in [4.69, 9.17) is 0 Å². The summed E-state index contributed by atoms with van der Waals surface area (Å²) in [7, 11) is 0. The molecular weight excluding hydrogens is 276 g/mol. The van der Waals surface area contributed by atoms with Gasteiger partial charge in [-0.3, -0.25) is 4.79 Å². The van der Waals surface area contributed by atoms with Crippen LogP contribution in [-0.2, 0) is 4.79 Å². The van der Waals surface area contributed by atoms with Crippen LogP contribution < -0.4 is 5.32 Å². The second-order valence-corrected chi connectivity index (χ2v) is 6.29. The van der Waals surface area contributed by atoms with Gasteiger partial charge >= 0.3 is 0 Å². The van der Waals surface area contributed by atoms with Crippen LogP contribution in [0.1, 0.15) is 37.8 Å². The predicted molar refractivity (Wildman–Crippen MR) is 86.5 cm³/mol. The molecular formula is C17H24N4O. The van der Waals surface area contributed by atoms with Gasteiger partial charge < -0.3 is 10.2 Å². The highest BCUT2D eigenvalue weighted by Gasteiger charge is 2.28. The lowest BCUT2D eigenvalue weighted by molar-refractivity contribution is -0.136. The summed E-state index contributed by atoms with van der Waals surface area (Å²) in [6.45, 7) is 3.62. The zero-order valence-electron chi connectivity index (χ0n) is 13.2. The number of nitrogens with one attached hydrogen (secondary N) is 1. The average molecular weight is 300 g/mol. The number of anilines is 1. The van der Waals surface area contributed by atoms with Crippen molar-refractivity contribution in [3.05, 3.63) is 30.0 Å². The van der Waals surface area contributed by atoms with Crippen molar-refractivity contribution in [2.75, 3.05) is 18.4 Å². The van der Waals surface area contributed by atoms with Crippen LogP contribution in [0.3, 0.4) is 0 Å². The summed E-state index contributed by atoms with van der Waals surface area (Å²) < 4.78 is 0. The number of hydrogen-bond acceptors (Lipinski definition) is 4. The van der Waals surface area contributed by atoms with E-state index in [0.29, 0.717) is 11.9 Å². The van der Waals surface area contributed by atoms with Crippen LogP contribution in [0.5, 0.6) is 0 Å². The van der Waals surface area contributed by atoms with Crippen molar-refractivity contribution in [2.45, 2.75) is 45.1 Å². The molecule has 5 heteroatoms. The van der Waals surface area contributed by atoms with E-state index in [1.165, 1.54) is 0 Å². The fourth-order valence-corrected chi connectivity index (χ4v) is 3.21. The van der Waals surface area contributed by atoms with Crippen molar-refractivity contribution in [2.24, 2.45) is 5.92 Å². The molecule has 1 aromatic heterocycles. The van der Waals surface area contributed by atoms with Crippen molar-refractivity contribution in [1.82, 2.24) is 15.1 Å². The Labute approximate surface area is 131 Å². The molecule has 0 spiro atoms. The molecule has 1 amide bonds. The van der Waals surface area contributed by atoms with Crippen LogP contribution in [0.2, 0.25) is 0 Å². The molecule has 5 nitrogen and oxygen atoms in total. The quantitative estimate of drug-likeness (QED) is 0.872. The first kappa shape index (κ1) is 15.0. The molecule has 2 heterocycles. The lowest BCUT2D eigenvalue weighted by Crippen LogP contribution is -2.45. The van der Waals surface area contributed by atoms with Crippen LogP contribution in [0.15, 0.2) is 24.3 Å². The summed E-state index contributed by atoms with van der Waals surface area (Å²) >= 11 is 0. The number of rotatable bonds is 3. The van der Waals surface area contributed by atoms with Crippen LogP contribution >= 0.6 is 0 Å². The Kier molecular flexibility index (Phi) is 4.71. The van der Waals surface area contributed by atoms with E-state index in [1.54, 1.807) is 0 Å². The van der Waals surface area contributed by atoms with Gasteiger partial charge in [-0.15, -0.1) is 5.10 Å². The zero-order valence-corrected chi connectivity index (χ0v) is 13.2. The molecule has 118 valence electrons. The summed E-state index contributed by atoms with van der Waals surface area (Å²) in [5.74, 6) is 1.38. The maximum atomic E-state index is 12.5. The summed E-state index contributed by atoms with van der Waals surface area (Å²) in [4.78, 5) is 14.5. The molecule has 1 saturated heterocycles. The van der Waals surface area contributed by atoms with E-state index in [2.05, 4.69) is 27.7 Å². The van der Waals surface area contributed by atoms with E-state index in [0.717, 1.165) is 56.7 Å². The van der Waals surface area contributed by atoms with Gasteiger partial charge in [-0.2, -0.15) is 5.10 Å². The summed E-state index contributed by atoms with van der Waals surface area (Å²) in [6, 6.07) is 4.31. The molecule has 0 radical (unpaired) electrons. The molecule has 1 fully saturated rings. The lowest BCUT2D eigenvalue weighted by atomic mass is 9.92. The minimum Gasteiger partial charge on any atom is -0.366 e. The third-order valence-electron chi connectivity index (χ3n) is 4.57. The van der Waals surface area contributed by atoms with Crippen molar-refractivity contribution >= 4 is 11.7 Å². The smallest absolute Gasteiger partial charge is 0.226 e. The maximum absolute atomic E-state index is 12.5. The Hall–Kier alpha value is -1.91. The Balaban J connectivity index is 1.48. The largest absolute Gasteiger partial charge is 0.366 e. The summed E-state index contributed by atoms with van der Waals surface area (Å²) in [6.07, 6.45) is 9.25. The first-order valence-corrected chi connectivity index (χ1v) is 8.23. The second-order valence-electron chi connectivity index (χ2n) is 6.29. The molecule has 1 N–H and O–H groups in total. The molecule has 0 bridgehead atoms. The number of hydrogen-bond donors (Lipinski definition) is 1. The van der Waals surface area contributed by atoms with E-state index < -0.39 is 0 Å². The monoisotopic (exact) mass is 300 g/mol. The van der Waals surface area contributed by atoms with E-state index >= 15 is 0 Å². The Morgan fingerprint density at radius 1 is 1.18 bits per heavy atom. The number of carbonyl (C=O) groups excluding carboxylic acids is 1. The molecule has 1 aliphatic heterocycles. The normalized spacial score (nSPS) is 22.6. The molecule has 3 rings (SSSR count). The Morgan fingerprint density at radius 3 is 2.64 bits per heavy atom. The maximum Gasteiger partial charge on any atom is 0.226 e. The number of carbonyl (C=O) groups is 1. The van der Waals surface area contributed by atoms with Crippen LogP contribution in [-0.4, -0.2) is 40.1 Å². The summed E-state index contributed by atoms with van der Waals surface area (Å²) in [5.41, 5.74) is 0.924. The van der Waals surface area contributed by atoms with Crippen molar-refractivity contribution in [3.8, 4) is 0 Å². The van der Waals surface area contributed by atoms with Crippen molar-refractivity contribution in [1.29, 1.82) is 0 Å². The number of amides is 1. The Morgan fingerprint density at radius 2 is 2.00 bits per heavy atom. The van der Waals surface area contributed by atoms with Crippen molar-refractivity contribution < 1.29 is 4.79 Å². The van der Waals surface area contributed by atoms with Gasteiger partial charge in [0.15, 0.2) is 0 Å². The van der Waals surface area contributed by atoms with Gasteiger partial charge in [0.2, 0.25) is 5.91 Å². The summed E-state index contributed by atoms with van der Waals surface area (Å²) in [5, 5.41) is 11.6. The average Bonchev–Trinajstić information content (AvgIpc) is 2.58. The topological polar surface area (TPSA) is 58.1 Å². The standard InChI is InChI=1S/C17H24N4O/c1-13-7-8-16(20-19-13)18-15-9-11-21(12-10-15)17(22)14-5-3-2-4-6-14/h2-3,7-8,14-15H,4-6,9-12H2,1H3,(H,18,20)/t14-/m0/s1. The van der Waals surface area contributed by atoms with Gasteiger partial charge in [-0.25, -0.2) is 0 Å². The third-order valence-corrected chi connectivity index (χ3v) is 4.57. The van der Waals surface area contributed by atoms with Crippen LogP contribution in [0, 0.1) is 12.8 Å². The van der Waals surface area contributed by atoms with Gasteiger partial charge in [-0.1, -0.05) is 12.2 Å². The highest BCUT2D eigenvalue weighted by Crippen LogP contribution is 2.23. The van der Waals surface area contributed by atoms with Gasteiger partial charge in [0.25, 0.3) is 0 Å². The highest BCUT2D eigenvalue weighted by atomic mass is 16.2. The fourth-order valence-electron chi connectivity index (χ4n) is 3.21. The third kappa shape index (κ3) is 3.64. The van der Waals surface area contributed by atoms with Gasteiger partial charge in [0.1, 0.15) is 5.82 Å². The molecule has 0 saturated carbocycles. The molecule has 0 unspecified atom stereocenters. The minimum atomic E-state index is 0.206. The number of nitrogens with zero attached hydrogens (tertiary/aromatic N) is 3. The second kappa shape index (κ2) is 6.90. The van der Waals surface area contributed by atoms with E-state index in [1.807, 2.05) is 24.0 Å². The van der Waals surface area contributed by atoms with Crippen LogP contribution in [0.4, 0.5) is 5.82 Å². The number of aryl methyl sites for hydroxylation is 1.